The molecule has 2 fully saturated rings. The lowest BCUT2D eigenvalue weighted by Crippen LogP contribution is -2.56. The molecule has 2 aliphatic heterocycles. The molecule has 0 aromatic carbocycles. The van der Waals surface area contributed by atoms with Gasteiger partial charge in [-0.2, -0.15) is 0 Å². The Morgan fingerprint density at radius 1 is 1.22 bits per heavy atom. The van der Waals surface area contributed by atoms with E-state index in [0.29, 0.717) is 38.4 Å². The number of nitrogens with one attached hydrogen (secondary N) is 1. The number of likely N-dealkylation sites (tertiary alicyclic amines) is 1. The summed E-state index contributed by atoms with van der Waals surface area (Å²) in [4.78, 5) is 37.9. The molecule has 0 bridgehead atoms. The van der Waals surface area contributed by atoms with Gasteiger partial charge in [-0.3, -0.25) is 4.79 Å². The fraction of sp³-hybridized carbons (Fsp3) is 0.600. The standard InChI is InChI=1S/C15H22N6O2/c1-19-11-12(3-4-13(19)22)18-15(23)21-9-7-20(8-10-21)14-16-5-2-6-17-14/h2,5-6,12H,3-4,7-11H2,1H3,(H,18,23)/t12-/m1/s1. The van der Waals surface area contributed by atoms with Crippen LogP contribution in [0.3, 0.4) is 0 Å². The van der Waals surface area contributed by atoms with Gasteiger partial charge in [-0.25, -0.2) is 14.8 Å². The zero-order valence-electron chi connectivity index (χ0n) is 13.3. The predicted octanol–water partition coefficient (Wildman–Crippen LogP) is -0.0710. The van der Waals surface area contributed by atoms with Crippen molar-refractivity contribution in [1.29, 1.82) is 0 Å². The molecule has 124 valence electrons. The van der Waals surface area contributed by atoms with Gasteiger partial charge in [0, 0.05) is 64.6 Å². The second-order valence-corrected chi connectivity index (χ2v) is 5.98. The lowest BCUT2D eigenvalue weighted by Gasteiger charge is -2.36. The normalized spacial score (nSPS) is 22.2. The molecule has 1 aromatic heterocycles. The summed E-state index contributed by atoms with van der Waals surface area (Å²) in [5, 5.41) is 3.04. The first-order valence-electron chi connectivity index (χ1n) is 7.95. The molecule has 2 aliphatic rings. The number of rotatable bonds is 2. The number of hydrogen-bond donors (Lipinski definition) is 1. The van der Waals surface area contributed by atoms with Crippen LogP contribution in [0.15, 0.2) is 18.5 Å². The summed E-state index contributed by atoms with van der Waals surface area (Å²) in [7, 11) is 1.78. The van der Waals surface area contributed by atoms with Crippen LogP contribution < -0.4 is 10.2 Å². The number of amides is 3. The lowest BCUT2D eigenvalue weighted by molar-refractivity contribution is -0.132. The van der Waals surface area contributed by atoms with E-state index in [9.17, 15) is 9.59 Å². The fourth-order valence-electron chi connectivity index (χ4n) is 2.96. The first-order valence-corrected chi connectivity index (χ1v) is 7.95. The molecule has 2 saturated heterocycles. The summed E-state index contributed by atoms with van der Waals surface area (Å²) in [5.74, 6) is 0.854. The van der Waals surface area contributed by atoms with Gasteiger partial charge in [0.2, 0.25) is 11.9 Å². The first kappa shape index (κ1) is 15.5. The van der Waals surface area contributed by atoms with Crippen LogP contribution >= 0.6 is 0 Å². The maximum Gasteiger partial charge on any atom is 0.317 e. The van der Waals surface area contributed by atoms with Gasteiger partial charge < -0.3 is 20.0 Å². The second-order valence-electron chi connectivity index (χ2n) is 5.98. The van der Waals surface area contributed by atoms with Crippen LogP contribution in [0, 0.1) is 0 Å². The third kappa shape index (κ3) is 3.69. The molecule has 3 heterocycles. The molecule has 0 unspecified atom stereocenters. The second kappa shape index (κ2) is 6.80. The van der Waals surface area contributed by atoms with E-state index in [4.69, 9.17) is 0 Å². The molecular formula is C15H22N6O2. The van der Waals surface area contributed by atoms with E-state index >= 15 is 0 Å². The Labute approximate surface area is 135 Å². The Hall–Kier alpha value is -2.38. The average Bonchev–Trinajstić information content (AvgIpc) is 2.59. The molecule has 1 atom stereocenters. The van der Waals surface area contributed by atoms with Gasteiger partial charge in [0.15, 0.2) is 0 Å². The van der Waals surface area contributed by atoms with E-state index < -0.39 is 0 Å². The Balaban J connectivity index is 1.48. The number of piperidine rings is 1. The molecule has 0 radical (unpaired) electrons. The average molecular weight is 318 g/mol. The molecule has 0 saturated carbocycles. The smallest absolute Gasteiger partial charge is 0.317 e. The van der Waals surface area contributed by atoms with Crippen molar-refractivity contribution < 1.29 is 9.59 Å². The summed E-state index contributed by atoms with van der Waals surface area (Å²) in [6.45, 7) is 3.32. The molecule has 8 nitrogen and oxygen atoms in total. The zero-order valence-corrected chi connectivity index (χ0v) is 13.3. The van der Waals surface area contributed by atoms with Crippen molar-refractivity contribution in [1.82, 2.24) is 25.1 Å². The topological polar surface area (TPSA) is 81.7 Å². The minimum atomic E-state index is -0.0496. The highest BCUT2D eigenvalue weighted by Crippen LogP contribution is 2.12. The van der Waals surface area contributed by atoms with E-state index in [1.165, 1.54) is 0 Å². The number of urea groups is 1. The van der Waals surface area contributed by atoms with Crippen molar-refractivity contribution in [2.45, 2.75) is 18.9 Å². The maximum atomic E-state index is 12.4. The third-order valence-corrected chi connectivity index (χ3v) is 4.36. The number of nitrogens with zero attached hydrogens (tertiary/aromatic N) is 5. The highest BCUT2D eigenvalue weighted by molar-refractivity contribution is 5.78. The minimum absolute atomic E-state index is 0.0423. The van der Waals surface area contributed by atoms with Crippen molar-refractivity contribution in [3.05, 3.63) is 18.5 Å². The number of carbonyl (C=O) groups is 2. The van der Waals surface area contributed by atoms with Crippen LogP contribution in [0.2, 0.25) is 0 Å². The quantitative estimate of drug-likeness (QED) is 0.825. The van der Waals surface area contributed by atoms with E-state index in [1.807, 2.05) is 4.90 Å². The minimum Gasteiger partial charge on any atom is -0.344 e. The number of piperazine rings is 1. The highest BCUT2D eigenvalue weighted by Gasteiger charge is 2.27. The Kier molecular flexibility index (Phi) is 4.59. The Bertz CT molecular complexity index is 558. The Morgan fingerprint density at radius 2 is 1.91 bits per heavy atom. The maximum absolute atomic E-state index is 12.4. The summed E-state index contributed by atoms with van der Waals surface area (Å²) in [6, 6.07) is 1.78. The molecule has 0 aliphatic carbocycles. The monoisotopic (exact) mass is 318 g/mol. The molecule has 0 spiro atoms. The molecule has 1 aromatic rings. The lowest BCUT2D eigenvalue weighted by atomic mass is 10.1. The van der Waals surface area contributed by atoms with Crippen LogP contribution in [0.1, 0.15) is 12.8 Å². The van der Waals surface area contributed by atoms with E-state index in [1.54, 1.807) is 30.4 Å². The summed E-state index contributed by atoms with van der Waals surface area (Å²) >= 11 is 0. The number of likely N-dealkylation sites (N-methyl/N-ethyl adjacent to an activating group) is 1. The molecule has 3 amide bonds. The summed E-state index contributed by atoms with van der Waals surface area (Å²) in [5.41, 5.74) is 0. The van der Waals surface area contributed by atoms with Crippen molar-refractivity contribution in [3.8, 4) is 0 Å². The van der Waals surface area contributed by atoms with Gasteiger partial charge in [-0.1, -0.05) is 0 Å². The van der Waals surface area contributed by atoms with Crippen molar-refractivity contribution in [2.24, 2.45) is 0 Å². The van der Waals surface area contributed by atoms with Crippen molar-refractivity contribution in [3.63, 3.8) is 0 Å². The largest absolute Gasteiger partial charge is 0.344 e. The van der Waals surface area contributed by atoms with Gasteiger partial charge >= 0.3 is 6.03 Å². The van der Waals surface area contributed by atoms with E-state index in [0.717, 1.165) is 13.1 Å². The molecule has 3 rings (SSSR count). The third-order valence-electron chi connectivity index (χ3n) is 4.36. The molecular weight excluding hydrogens is 296 g/mol. The predicted molar refractivity (Wildman–Crippen MR) is 85.0 cm³/mol. The van der Waals surface area contributed by atoms with Crippen LogP contribution in [0.5, 0.6) is 0 Å². The SMILES string of the molecule is CN1C[C@H](NC(=O)N2CCN(c3ncccn3)CC2)CCC1=O. The van der Waals surface area contributed by atoms with E-state index in [-0.39, 0.29) is 18.0 Å². The van der Waals surface area contributed by atoms with Crippen LogP contribution in [0.25, 0.3) is 0 Å². The van der Waals surface area contributed by atoms with Gasteiger partial charge in [-0.15, -0.1) is 0 Å². The van der Waals surface area contributed by atoms with Crippen molar-refractivity contribution >= 4 is 17.9 Å². The van der Waals surface area contributed by atoms with Crippen LogP contribution in [0.4, 0.5) is 10.7 Å². The first-order chi connectivity index (χ1) is 11.1. The number of aromatic nitrogens is 2. The van der Waals surface area contributed by atoms with Gasteiger partial charge in [0.05, 0.1) is 0 Å². The zero-order chi connectivity index (χ0) is 16.2. The Morgan fingerprint density at radius 3 is 2.57 bits per heavy atom. The number of carbonyl (C=O) groups excluding carboxylic acids is 2. The van der Waals surface area contributed by atoms with Crippen molar-refractivity contribution in [2.75, 3.05) is 44.7 Å². The number of anilines is 1. The van der Waals surface area contributed by atoms with Crippen LogP contribution in [-0.2, 0) is 4.79 Å². The summed E-state index contributed by atoms with van der Waals surface area (Å²) < 4.78 is 0. The fourth-order valence-corrected chi connectivity index (χ4v) is 2.96. The summed E-state index contributed by atoms with van der Waals surface area (Å²) in [6.07, 6.45) is 4.66. The van der Waals surface area contributed by atoms with Crippen LogP contribution in [-0.4, -0.2) is 77.5 Å². The molecule has 1 N–H and O–H groups in total. The van der Waals surface area contributed by atoms with Gasteiger partial charge in [-0.05, 0) is 12.5 Å². The highest BCUT2D eigenvalue weighted by atomic mass is 16.2. The van der Waals surface area contributed by atoms with E-state index in [2.05, 4.69) is 20.2 Å². The van der Waals surface area contributed by atoms with Gasteiger partial charge in [0.1, 0.15) is 0 Å². The molecule has 23 heavy (non-hydrogen) atoms. The molecule has 8 heteroatoms. The van der Waals surface area contributed by atoms with Gasteiger partial charge in [0.25, 0.3) is 0 Å². The number of hydrogen-bond acceptors (Lipinski definition) is 5.